The number of halogens is 3. The van der Waals surface area contributed by atoms with Crippen molar-refractivity contribution < 1.29 is 4.79 Å². The van der Waals surface area contributed by atoms with E-state index in [4.69, 9.17) is 0 Å². The van der Waals surface area contributed by atoms with Crippen LogP contribution in [0, 0.1) is 6.92 Å². The van der Waals surface area contributed by atoms with Crippen molar-refractivity contribution in [3.8, 4) is 0 Å². The lowest BCUT2D eigenvalue weighted by Gasteiger charge is -2.05. The first-order valence-electron chi connectivity index (χ1n) is 4.99. The predicted octanol–water partition coefficient (Wildman–Crippen LogP) is 5.60. The Bertz CT molecular complexity index is 570. The number of benzene rings is 1. The summed E-state index contributed by atoms with van der Waals surface area (Å²) in [5, 5.41) is 2.88. The fraction of sp³-hybridized carbons (Fsp3) is 0.0833. The fourth-order valence-electron chi connectivity index (χ4n) is 1.46. The van der Waals surface area contributed by atoms with Gasteiger partial charge in [-0.25, -0.2) is 0 Å². The Morgan fingerprint density at radius 1 is 1.17 bits per heavy atom. The quantitative estimate of drug-likeness (QED) is 0.630. The van der Waals surface area contributed by atoms with E-state index in [1.165, 1.54) is 11.3 Å². The van der Waals surface area contributed by atoms with Gasteiger partial charge < -0.3 is 5.32 Å². The van der Waals surface area contributed by atoms with Crippen LogP contribution in [0.5, 0.6) is 0 Å². The maximum atomic E-state index is 12.0. The maximum absolute atomic E-state index is 12.0. The summed E-state index contributed by atoms with van der Waals surface area (Å²) in [4.78, 5) is 12.7. The topological polar surface area (TPSA) is 29.1 Å². The molecule has 0 saturated heterocycles. The molecule has 2 nitrogen and oxygen atoms in total. The highest BCUT2D eigenvalue weighted by Crippen LogP contribution is 2.32. The van der Waals surface area contributed by atoms with Crippen molar-refractivity contribution in [3.05, 3.63) is 47.4 Å². The Labute approximate surface area is 134 Å². The molecule has 1 aromatic heterocycles. The average Bonchev–Trinajstić information content (AvgIpc) is 2.57. The van der Waals surface area contributed by atoms with Crippen LogP contribution < -0.4 is 5.32 Å². The first kappa shape index (κ1) is 14.2. The molecule has 0 aliphatic rings. The molecule has 0 aliphatic heterocycles. The molecule has 0 radical (unpaired) electrons. The largest absolute Gasteiger partial charge is 0.321 e. The normalized spacial score (nSPS) is 10.4. The summed E-state index contributed by atoms with van der Waals surface area (Å²) in [5.74, 6) is -0.107. The van der Waals surface area contributed by atoms with E-state index in [9.17, 15) is 4.79 Å². The first-order valence-corrected chi connectivity index (χ1v) is 8.18. The van der Waals surface area contributed by atoms with Crippen molar-refractivity contribution in [3.63, 3.8) is 0 Å². The van der Waals surface area contributed by atoms with Gasteiger partial charge in [0.2, 0.25) is 0 Å². The molecular weight excluding hydrogens is 446 g/mol. The third-order valence-corrected chi connectivity index (χ3v) is 5.88. The predicted molar refractivity (Wildman–Crippen MR) is 86.6 cm³/mol. The van der Waals surface area contributed by atoms with E-state index in [1.807, 2.05) is 25.1 Å². The summed E-state index contributed by atoms with van der Waals surface area (Å²) in [6.07, 6.45) is 0. The van der Waals surface area contributed by atoms with Crippen LogP contribution in [0.4, 0.5) is 5.69 Å². The van der Waals surface area contributed by atoms with Crippen molar-refractivity contribution in [2.24, 2.45) is 0 Å². The third-order valence-electron chi connectivity index (χ3n) is 2.17. The van der Waals surface area contributed by atoms with E-state index >= 15 is 0 Å². The van der Waals surface area contributed by atoms with Crippen LogP contribution in [0.1, 0.15) is 15.2 Å². The van der Waals surface area contributed by atoms with Gasteiger partial charge in [-0.2, -0.15) is 0 Å². The summed E-state index contributed by atoms with van der Waals surface area (Å²) in [7, 11) is 0. The minimum absolute atomic E-state index is 0.107. The zero-order valence-corrected chi connectivity index (χ0v) is 14.8. The van der Waals surface area contributed by atoms with Crippen molar-refractivity contribution in [1.29, 1.82) is 0 Å². The molecule has 94 valence electrons. The van der Waals surface area contributed by atoms with Crippen LogP contribution in [0.3, 0.4) is 0 Å². The van der Waals surface area contributed by atoms with Crippen molar-refractivity contribution in [2.75, 3.05) is 5.32 Å². The lowest BCUT2D eigenvalue weighted by molar-refractivity contribution is 0.103. The highest BCUT2D eigenvalue weighted by molar-refractivity contribution is 9.13. The highest BCUT2D eigenvalue weighted by atomic mass is 79.9. The Hall–Kier alpha value is -0.170. The summed E-state index contributed by atoms with van der Waals surface area (Å²) in [6, 6.07) is 7.60. The Morgan fingerprint density at radius 2 is 1.89 bits per heavy atom. The Kier molecular flexibility index (Phi) is 4.64. The second kappa shape index (κ2) is 5.86. The number of hydrogen-bond acceptors (Lipinski definition) is 2. The van der Waals surface area contributed by atoms with Gasteiger partial charge in [0.05, 0.1) is 8.66 Å². The van der Waals surface area contributed by atoms with E-state index in [0.29, 0.717) is 4.88 Å². The van der Waals surface area contributed by atoms with Crippen molar-refractivity contribution in [1.82, 2.24) is 0 Å². The zero-order chi connectivity index (χ0) is 13.3. The van der Waals surface area contributed by atoms with Crippen LogP contribution >= 0.6 is 59.1 Å². The summed E-state index contributed by atoms with van der Waals surface area (Å²) in [5.41, 5.74) is 1.88. The minimum atomic E-state index is -0.107. The summed E-state index contributed by atoms with van der Waals surface area (Å²) < 4.78 is 2.76. The molecule has 1 aromatic carbocycles. The van der Waals surface area contributed by atoms with Gasteiger partial charge in [-0.3, -0.25) is 4.79 Å². The van der Waals surface area contributed by atoms with Gasteiger partial charge in [-0.1, -0.05) is 15.9 Å². The van der Waals surface area contributed by atoms with E-state index in [-0.39, 0.29) is 5.91 Å². The second-order valence-corrected chi connectivity index (χ2v) is 7.84. The van der Waals surface area contributed by atoms with Crippen LogP contribution in [-0.2, 0) is 0 Å². The molecule has 2 rings (SSSR count). The molecule has 18 heavy (non-hydrogen) atoms. The van der Waals surface area contributed by atoms with E-state index in [2.05, 4.69) is 53.1 Å². The van der Waals surface area contributed by atoms with Gasteiger partial charge >= 0.3 is 0 Å². The monoisotopic (exact) mass is 451 g/mol. The highest BCUT2D eigenvalue weighted by Gasteiger charge is 2.12. The van der Waals surface area contributed by atoms with Crippen LogP contribution in [0.2, 0.25) is 0 Å². The number of hydrogen-bond donors (Lipinski definition) is 1. The standard InChI is InChI=1S/C12H8Br3NOS/c1-6-2-7(13)4-8(3-6)16-12(17)10-5-9(14)11(15)18-10/h2-5H,1H3,(H,16,17). The lowest BCUT2D eigenvalue weighted by Crippen LogP contribution is -2.10. The fourth-order valence-corrected chi connectivity index (χ4v) is 4.00. The van der Waals surface area contributed by atoms with Crippen molar-refractivity contribution >= 4 is 70.7 Å². The molecule has 0 atom stereocenters. The smallest absolute Gasteiger partial charge is 0.265 e. The van der Waals surface area contributed by atoms with Gasteiger partial charge in [-0.05, 0) is 68.6 Å². The Morgan fingerprint density at radius 3 is 2.44 bits per heavy atom. The number of anilines is 1. The third kappa shape index (κ3) is 3.44. The first-order chi connectivity index (χ1) is 8.45. The number of thiophene rings is 1. The van der Waals surface area contributed by atoms with Crippen LogP contribution in [0.25, 0.3) is 0 Å². The van der Waals surface area contributed by atoms with Gasteiger partial charge in [0.25, 0.3) is 5.91 Å². The van der Waals surface area contributed by atoms with E-state index < -0.39 is 0 Å². The molecule has 6 heteroatoms. The SMILES string of the molecule is Cc1cc(Br)cc(NC(=O)c2cc(Br)c(Br)s2)c1. The molecule has 0 unspecified atom stereocenters. The van der Waals surface area contributed by atoms with Gasteiger partial charge in [0, 0.05) is 14.6 Å². The molecular formula is C12H8Br3NOS. The molecule has 1 amide bonds. The number of amides is 1. The molecule has 1 N–H and O–H groups in total. The molecule has 0 saturated carbocycles. The van der Waals surface area contributed by atoms with Gasteiger partial charge in [0.1, 0.15) is 0 Å². The van der Waals surface area contributed by atoms with Crippen LogP contribution in [0.15, 0.2) is 37.0 Å². The van der Waals surface area contributed by atoms with Gasteiger partial charge in [0.15, 0.2) is 0 Å². The molecule has 0 fully saturated rings. The molecule has 0 aliphatic carbocycles. The minimum Gasteiger partial charge on any atom is -0.321 e. The second-order valence-electron chi connectivity index (χ2n) is 3.70. The van der Waals surface area contributed by atoms with E-state index in [0.717, 1.165) is 24.0 Å². The lowest BCUT2D eigenvalue weighted by atomic mass is 10.2. The molecule has 0 spiro atoms. The Balaban J connectivity index is 2.21. The van der Waals surface area contributed by atoms with E-state index in [1.54, 1.807) is 6.07 Å². The number of carbonyl (C=O) groups is 1. The molecule has 0 bridgehead atoms. The number of aryl methyl sites for hydroxylation is 1. The number of carbonyl (C=O) groups excluding carboxylic acids is 1. The number of nitrogens with one attached hydrogen (secondary N) is 1. The molecule has 1 heterocycles. The zero-order valence-electron chi connectivity index (χ0n) is 9.26. The van der Waals surface area contributed by atoms with Crippen molar-refractivity contribution in [2.45, 2.75) is 6.92 Å². The van der Waals surface area contributed by atoms with Crippen LogP contribution in [-0.4, -0.2) is 5.91 Å². The molecule has 2 aromatic rings. The van der Waals surface area contributed by atoms with Gasteiger partial charge in [-0.15, -0.1) is 11.3 Å². The number of rotatable bonds is 2. The maximum Gasteiger partial charge on any atom is 0.265 e. The average molecular weight is 454 g/mol. The summed E-state index contributed by atoms with van der Waals surface area (Å²) >= 11 is 11.6. The summed E-state index contributed by atoms with van der Waals surface area (Å²) in [6.45, 7) is 1.98.